The number of fused-ring (bicyclic) bond motifs is 1. The monoisotopic (exact) mass is 213 g/mol. The van der Waals surface area contributed by atoms with Gasteiger partial charge in [0.1, 0.15) is 5.84 Å². The molecule has 1 aromatic carbocycles. The summed E-state index contributed by atoms with van der Waals surface area (Å²) in [7, 11) is 0. The fraction of sp³-hybridized carbons (Fsp3) is 0.385. The summed E-state index contributed by atoms with van der Waals surface area (Å²) in [6.45, 7) is 2.01. The predicted molar refractivity (Wildman–Crippen MR) is 64.1 cm³/mol. The summed E-state index contributed by atoms with van der Waals surface area (Å²) in [5.41, 5.74) is 2.78. The molecular formula is C13H15N3. The number of benzene rings is 1. The zero-order valence-electron chi connectivity index (χ0n) is 9.40. The Kier molecular flexibility index (Phi) is 3.21. The maximum Gasteiger partial charge on any atom is 0.182 e. The van der Waals surface area contributed by atoms with Gasteiger partial charge in [-0.1, -0.05) is 31.2 Å². The molecule has 0 heterocycles. The van der Waals surface area contributed by atoms with E-state index in [4.69, 9.17) is 5.26 Å². The first-order chi connectivity index (χ1) is 7.83. The first-order valence-corrected chi connectivity index (χ1v) is 5.62. The van der Waals surface area contributed by atoms with Crippen LogP contribution in [0.2, 0.25) is 0 Å². The highest BCUT2D eigenvalue weighted by Crippen LogP contribution is 2.23. The maximum absolute atomic E-state index is 8.57. The number of amidine groups is 1. The van der Waals surface area contributed by atoms with Gasteiger partial charge in [-0.2, -0.15) is 5.26 Å². The van der Waals surface area contributed by atoms with Gasteiger partial charge in [0.15, 0.2) is 6.19 Å². The fourth-order valence-electron chi connectivity index (χ4n) is 2.12. The Labute approximate surface area is 95.8 Å². The van der Waals surface area contributed by atoms with Gasteiger partial charge >= 0.3 is 0 Å². The van der Waals surface area contributed by atoms with Gasteiger partial charge in [0.25, 0.3) is 0 Å². The maximum atomic E-state index is 8.57. The van der Waals surface area contributed by atoms with Crippen molar-refractivity contribution in [1.82, 2.24) is 5.32 Å². The van der Waals surface area contributed by atoms with E-state index in [1.54, 1.807) is 0 Å². The molecule has 0 radical (unpaired) electrons. The number of hydrogen-bond donors (Lipinski definition) is 1. The number of nitrogens with zero attached hydrogens (tertiary/aromatic N) is 2. The Bertz CT molecular complexity index is 418. The fourth-order valence-corrected chi connectivity index (χ4v) is 2.12. The standard InChI is InChI=1S/C13H15N3/c1-2-13(15-9-14)16-12-7-10-5-3-4-6-11(10)8-12/h3-6,12H,2,7-8H2,1H3,(H,15,16). The largest absolute Gasteiger partial charge is 0.281 e. The van der Waals surface area contributed by atoms with Crippen molar-refractivity contribution in [2.45, 2.75) is 32.2 Å². The lowest BCUT2D eigenvalue weighted by Gasteiger charge is -2.05. The van der Waals surface area contributed by atoms with E-state index in [0.29, 0.717) is 6.04 Å². The van der Waals surface area contributed by atoms with Crippen molar-refractivity contribution in [2.75, 3.05) is 0 Å². The summed E-state index contributed by atoms with van der Waals surface area (Å²) in [6, 6.07) is 8.76. The summed E-state index contributed by atoms with van der Waals surface area (Å²) in [4.78, 5) is 4.58. The predicted octanol–water partition coefficient (Wildman–Crippen LogP) is 2.03. The summed E-state index contributed by atoms with van der Waals surface area (Å²) >= 11 is 0. The molecule has 0 bridgehead atoms. The van der Waals surface area contributed by atoms with Crippen LogP contribution in [-0.4, -0.2) is 11.9 Å². The average molecular weight is 213 g/mol. The summed E-state index contributed by atoms with van der Waals surface area (Å²) < 4.78 is 0. The van der Waals surface area contributed by atoms with Crippen LogP contribution in [-0.2, 0) is 12.8 Å². The zero-order chi connectivity index (χ0) is 11.4. The number of nitriles is 1. The minimum Gasteiger partial charge on any atom is -0.281 e. The number of nitrogens with one attached hydrogen (secondary N) is 1. The molecule has 0 fully saturated rings. The van der Waals surface area contributed by atoms with Crippen molar-refractivity contribution in [1.29, 1.82) is 5.26 Å². The molecule has 0 saturated heterocycles. The third-order valence-corrected chi connectivity index (χ3v) is 2.90. The molecule has 16 heavy (non-hydrogen) atoms. The Hall–Kier alpha value is -1.82. The summed E-state index contributed by atoms with van der Waals surface area (Å²) in [5, 5.41) is 11.2. The molecule has 1 aliphatic carbocycles. The molecule has 1 aliphatic rings. The van der Waals surface area contributed by atoms with Gasteiger partial charge in [-0.3, -0.25) is 10.3 Å². The van der Waals surface area contributed by atoms with Gasteiger partial charge in [0.05, 0.1) is 6.04 Å². The lowest BCUT2D eigenvalue weighted by atomic mass is 10.1. The van der Waals surface area contributed by atoms with Crippen LogP contribution >= 0.6 is 0 Å². The highest BCUT2D eigenvalue weighted by atomic mass is 15.0. The van der Waals surface area contributed by atoms with Crippen LogP contribution in [0.4, 0.5) is 0 Å². The Morgan fingerprint density at radius 1 is 1.44 bits per heavy atom. The molecule has 2 rings (SSSR count). The average Bonchev–Trinajstić information content (AvgIpc) is 2.70. The Balaban J connectivity index is 2.09. The zero-order valence-corrected chi connectivity index (χ0v) is 9.40. The van der Waals surface area contributed by atoms with E-state index in [-0.39, 0.29) is 0 Å². The van der Waals surface area contributed by atoms with E-state index in [9.17, 15) is 0 Å². The molecule has 3 heteroatoms. The van der Waals surface area contributed by atoms with Gasteiger partial charge in [0.2, 0.25) is 0 Å². The highest BCUT2D eigenvalue weighted by molar-refractivity contribution is 5.83. The van der Waals surface area contributed by atoms with Crippen LogP contribution in [0.1, 0.15) is 24.5 Å². The Morgan fingerprint density at radius 2 is 2.06 bits per heavy atom. The van der Waals surface area contributed by atoms with E-state index >= 15 is 0 Å². The lowest BCUT2D eigenvalue weighted by Crippen LogP contribution is -2.20. The number of hydrogen-bond acceptors (Lipinski definition) is 2. The van der Waals surface area contributed by atoms with Crippen LogP contribution in [0.5, 0.6) is 0 Å². The summed E-state index contributed by atoms with van der Waals surface area (Å²) in [5.74, 6) is 0.792. The molecule has 0 amide bonds. The van der Waals surface area contributed by atoms with E-state index in [2.05, 4.69) is 34.6 Å². The molecule has 1 N–H and O–H groups in total. The van der Waals surface area contributed by atoms with E-state index in [1.165, 1.54) is 11.1 Å². The second kappa shape index (κ2) is 4.80. The molecule has 82 valence electrons. The van der Waals surface area contributed by atoms with Crippen LogP contribution in [0, 0.1) is 11.5 Å². The van der Waals surface area contributed by atoms with Gasteiger partial charge < -0.3 is 0 Å². The van der Waals surface area contributed by atoms with Crippen molar-refractivity contribution in [3.63, 3.8) is 0 Å². The number of rotatable bonds is 2. The first kappa shape index (κ1) is 10.7. The van der Waals surface area contributed by atoms with Gasteiger partial charge in [-0.05, 0) is 24.0 Å². The van der Waals surface area contributed by atoms with Crippen LogP contribution in [0.3, 0.4) is 0 Å². The second-order valence-corrected chi connectivity index (χ2v) is 4.00. The molecule has 0 aromatic heterocycles. The Morgan fingerprint density at radius 3 is 2.56 bits per heavy atom. The molecule has 0 atom stereocenters. The highest BCUT2D eigenvalue weighted by Gasteiger charge is 2.20. The van der Waals surface area contributed by atoms with Crippen LogP contribution in [0.15, 0.2) is 29.3 Å². The quantitative estimate of drug-likeness (QED) is 0.353. The molecule has 0 aliphatic heterocycles. The van der Waals surface area contributed by atoms with Gasteiger partial charge in [-0.25, -0.2) is 0 Å². The van der Waals surface area contributed by atoms with Gasteiger partial charge in [0, 0.05) is 6.42 Å². The van der Waals surface area contributed by atoms with E-state index in [0.717, 1.165) is 25.1 Å². The van der Waals surface area contributed by atoms with Crippen molar-refractivity contribution in [3.8, 4) is 6.19 Å². The second-order valence-electron chi connectivity index (χ2n) is 4.00. The van der Waals surface area contributed by atoms with Crippen molar-refractivity contribution in [2.24, 2.45) is 4.99 Å². The van der Waals surface area contributed by atoms with E-state index < -0.39 is 0 Å². The minimum absolute atomic E-state index is 0.299. The molecule has 0 saturated carbocycles. The smallest absolute Gasteiger partial charge is 0.182 e. The normalized spacial score (nSPS) is 15.6. The minimum atomic E-state index is 0.299. The molecule has 0 unspecified atom stereocenters. The number of aliphatic imine (C=N–C) groups is 1. The van der Waals surface area contributed by atoms with Crippen molar-refractivity contribution in [3.05, 3.63) is 35.4 Å². The van der Waals surface area contributed by atoms with Crippen molar-refractivity contribution < 1.29 is 0 Å². The van der Waals surface area contributed by atoms with Crippen LogP contribution < -0.4 is 5.32 Å². The van der Waals surface area contributed by atoms with Crippen LogP contribution in [0.25, 0.3) is 0 Å². The molecule has 1 aromatic rings. The third kappa shape index (κ3) is 2.22. The lowest BCUT2D eigenvalue weighted by molar-refractivity contribution is 0.716. The topological polar surface area (TPSA) is 48.2 Å². The van der Waals surface area contributed by atoms with E-state index in [1.807, 2.05) is 13.1 Å². The van der Waals surface area contributed by atoms with Crippen molar-refractivity contribution >= 4 is 5.84 Å². The first-order valence-electron chi connectivity index (χ1n) is 5.62. The molecule has 3 nitrogen and oxygen atoms in total. The molecular weight excluding hydrogens is 198 g/mol. The molecule has 0 spiro atoms. The third-order valence-electron chi connectivity index (χ3n) is 2.90. The SMILES string of the molecule is CCC(=NC1Cc2ccccc2C1)NC#N. The summed E-state index contributed by atoms with van der Waals surface area (Å²) in [6.07, 6.45) is 4.70. The van der Waals surface area contributed by atoms with Gasteiger partial charge in [-0.15, -0.1) is 0 Å².